The molecule has 0 bridgehead atoms. The Balaban J connectivity index is 1.92. The Morgan fingerprint density at radius 2 is 1.45 bits per heavy atom. The summed E-state index contributed by atoms with van der Waals surface area (Å²) in [5.41, 5.74) is 1.04. The van der Waals surface area contributed by atoms with Gasteiger partial charge in [-0.1, -0.05) is 35.9 Å². The first-order valence-electron chi connectivity index (χ1n) is 9.02. The zero-order valence-corrected chi connectivity index (χ0v) is 17.3. The minimum absolute atomic E-state index is 0.166. The molecule has 8 heteroatoms. The molecular formula is C21H24ClN3O4. The lowest BCUT2D eigenvalue weighted by Crippen LogP contribution is -2.37. The molecule has 2 rings (SSSR count). The minimum Gasteiger partial charge on any atom is -0.444 e. The molecule has 0 spiro atoms. The number of nitrogens with one attached hydrogen (secondary N) is 3. The maximum atomic E-state index is 12.3. The minimum atomic E-state index is -0.683. The van der Waals surface area contributed by atoms with Crippen LogP contribution in [0.2, 0.25) is 5.02 Å². The van der Waals surface area contributed by atoms with Crippen LogP contribution in [-0.2, 0) is 20.7 Å². The van der Waals surface area contributed by atoms with Gasteiger partial charge in [0.1, 0.15) is 12.1 Å². The van der Waals surface area contributed by atoms with Gasteiger partial charge in [0.15, 0.2) is 0 Å². The second kappa shape index (κ2) is 9.93. The predicted molar refractivity (Wildman–Crippen MR) is 113 cm³/mol. The van der Waals surface area contributed by atoms with Crippen LogP contribution < -0.4 is 16.0 Å². The third-order valence-corrected chi connectivity index (χ3v) is 3.80. The van der Waals surface area contributed by atoms with Crippen molar-refractivity contribution in [1.29, 1.82) is 0 Å². The molecule has 154 valence electrons. The van der Waals surface area contributed by atoms with E-state index in [0.29, 0.717) is 16.4 Å². The monoisotopic (exact) mass is 417 g/mol. The van der Waals surface area contributed by atoms with Gasteiger partial charge in [0.2, 0.25) is 11.8 Å². The Hall–Kier alpha value is -3.06. The summed E-state index contributed by atoms with van der Waals surface area (Å²) in [6, 6.07) is 13.8. The van der Waals surface area contributed by atoms with Crippen LogP contribution in [0.3, 0.4) is 0 Å². The van der Waals surface area contributed by atoms with E-state index in [0.717, 1.165) is 5.56 Å². The van der Waals surface area contributed by atoms with Crippen molar-refractivity contribution < 1.29 is 19.1 Å². The van der Waals surface area contributed by atoms with Crippen molar-refractivity contribution in [3.05, 3.63) is 59.1 Å². The van der Waals surface area contributed by atoms with E-state index in [4.69, 9.17) is 16.3 Å². The summed E-state index contributed by atoms with van der Waals surface area (Å²) in [5, 5.41) is 8.42. The summed E-state index contributed by atoms with van der Waals surface area (Å²) in [6.45, 7) is 4.93. The number of ether oxygens (including phenoxy) is 1. The lowest BCUT2D eigenvalue weighted by molar-refractivity contribution is -0.116. The van der Waals surface area contributed by atoms with Gasteiger partial charge < -0.3 is 20.7 Å². The number of rotatable bonds is 6. The fourth-order valence-electron chi connectivity index (χ4n) is 2.34. The van der Waals surface area contributed by atoms with Crippen molar-refractivity contribution in [3.63, 3.8) is 0 Å². The summed E-state index contributed by atoms with van der Waals surface area (Å²) < 4.78 is 5.08. The highest BCUT2D eigenvalue weighted by atomic mass is 35.5. The number of carbonyl (C=O) groups is 3. The van der Waals surface area contributed by atoms with Crippen molar-refractivity contribution in [2.75, 3.05) is 17.2 Å². The fourth-order valence-corrected chi connectivity index (χ4v) is 2.47. The third-order valence-electron chi connectivity index (χ3n) is 3.55. The van der Waals surface area contributed by atoms with Gasteiger partial charge in [-0.15, -0.1) is 0 Å². The van der Waals surface area contributed by atoms with Gasteiger partial charge in [-0.25, -0.2) is 4.79 Å². The molecule has 0 heterocycles. The highest BCUT2D eigenvalue weighted by Gasteiger charge is 2.17. The van der Waals surface area contributed by atoms with Gasteiger partial charge in [-0.05, 0) is 50.6 Å². The third kappa shape index (κ3) is 8.23. The standard InChI is InChI=1S/C21H24ClN3O4/c1-21(2,3)29-20(28)23-13-19(27)25-17-7-5-4-6-16(17)24-18(26)12-14-8-10-15(22)11-9-14/h4-11H,12-13H2,1-3H3,(H,23,28)(H,24,26)(H,25,27). The van der Waals surface area contributed by atoms with Gasteiger partial charge in [0.25, 0.3) is 0 Å². The number of hydrogen-bond acceptors (Lipinski definition) is 4. The van der Waals surface area contributed by atoms with Gasteiger partial charge in [0.05, 0.1) is 17.8 Å². The lowest BCUT2D eigenvalue weighted by Gasteiger charge is -2.19. The van der Waals surface area contributed by atoms with E-state index in [1.165, 1.54) is 0 Å². The summed E-state index contributed by atoms with van der Waals surface area (Å²) in [5.74, 6) is -0.684. The normalized spacial score (nSPS) is 10.8. The van der Waals surface area contributed by atoms with Gasteiger partial charge in [-0.2, -0.15) is 0 Å². The number of hydrogen-bond donors (Lipinski definition) is 3. The molecule has 0 atom stereocenters. The van der Waals surface area contributed by atoms with E-state index in [1.807, 2.05) is 0 Å². The summed E-state index contributed by atoms with van der Waals surface area (Å²) in [6.07, 6.45) is -0.517. The second-order valence-corrected chi connectivity index (χ2v) is 7.74. The lowest BCUT2D eigenvalue weighted by atomic mass is 10.1. The molecule has 3 amide bonds. The van der Waals surface area contributed by atoms with Crippen molar-refractivity contribution >= 4 is 40.9 Å². The summed E-state index contributed by atoms with van der Waals surface area (Å²) in [4.78, 5) is 36.1. The first-order chi connectivity index (χ1) is 13.6. The van der Waals surface area contributed by atoms with Crippen LogP contribution >= 0.6 is 11.6 Å². The van der Waals surface area contributed by atoms with Gasteiger partial charge >= 0.3 is 6.09 Å². The summed E-state index contributed by atoms with van der Waals surface area (Å²) >= 11 is 5.85. The number of anilines is 2. The molecule has 0 fully saturated rings. The molecule has 0 saturated heterocycles. The molecule has 29 heavy (non-hydrogen) atoms. The Morgan fingerprint density at radius 3 is 2.00 bits per heavy atom. The summed E-state index contributed by atoms with van der Waals surface area (Å²) in [7, 11) is 0. The van der Waals surface area contributed by atoms with Crippen molar-refractivity contribution in [1.82, 2.24) is 5.32 Å². The highest BCUT2D eigenvalue weighted by molar-refractivity contribution is 6.30. The van der Waals surface area contributed by atoms with Crippen LogP contribution in [0, 0.1) is 0 Å². The Kier molecular flexibility index (Phi) is 7.61. The quantitative estimate of drug-likeness (QED) is 0.662. The predicted octanol–water partition coefficient (Wildman–Crippen LogP) is 3.98. The molecule has 0 aliphatic heterocycles. The number of amides is 3. The van der Waals surface area contributed by atoms with E-state index >= 15 is 0 Å². The average Bonchev–Trinajstić information content (AvgIpc) is 2.62. The molecular weight excluding hydrogens is 394 g/mol. The van der Waals surface area contributed by atoms with E-state index in [1.54, 1.807) is 69.3 Å². The number of para-hydroxylation sites is 2. The van der Waals surface area contributed by atoms with Gasteiger partial charge in [-0.3, -0.25) is 9.59 Å². The molecule has 0 radical (unpaired) electrons. The SMILES string of the molecule is CC(C)(C)OC(=O)NCC(=O)Nc1ccccc1NC(=O)Cc1ccc(Cl)cc1. The van der Waals surface area contributed by atoms with Crippen LogP contribution in [0.5, 0.6) is 0 Å². The maximum absolute atomic E-state index is 12.3. The number of halogens is 1. The van der Waals surface area contributed by atoms with E-state index in [-0.39, 0.29) is 18.9 Å². The molecule has 0 aliphatic carbocycles. The number of benzene rings is 2. The first kappa shape index (κ1) is 22.2. The molecule has 0 unspecified atom stereocenters. The topological polar surface area (TPSA) is 96.5 Å². The zero-order valence-electron chi connectivity index (χ0n) is 16.5. The Labute approximate surface area is 174 Å². The fraction of sp³-hybridized carbons (Fsp3) is 0.286. The van der Waals surface area contributed by atoms with Crippen LogP contribution in [0.1, 0.15) is 26.3 Å². The van der Waals surface area contributed by atoms with Crippen LogP contribution in [0.15, 0.2) is 48.5 Å². The van der Waals surface area contributed by atoms with Crippen molar-refractivity contribution in [2.45, 2.75) is 32.8 Å². The first-order valence-corrected chi connectivity index (χ1v) is 9.40. The van der Waals surface area contributed by atoms with Crippen molar-refractivity contribution in [2.24, 2.45) is 0 Å². The number of carbonyl (C=O) groups excluding carboxylic acids is 3. The highest BCUT2D eigenvalue weighted by Crippen LogP contribution is 2.21. The molecule has 0 aromatic heterocycles. The van der Waals surface area contributed by atoms with E-state index in [9.17, 15) is 14.4 Å². The molecule has 7 nitrogen and oxygen atoms in total. The molecule has 3 N–H and O–H groups in total. The number of alkyl carbamates (subject to hydrolysis) is 1. The molecule has 2 aromatic rings. The molecule has 2 aromatic carbocycles. The zero-order chi connectivity index (χ0) is 21.4. The van der Waals surface area contributed by atoms with Crippen LogP contribution in [0.25, 0.3) is 0 Å². The molecule has 0 aliphatic rings. The molecule has 0 saturated carbocycles. The average molecular weight is 418 g/mol. The van der Waals surface area contributed by atoms with Crippen molar-refractivity contribution in [3.8, 4) is 0 Å². The van der Waals surface area contributed by atoms with E-state index in [2.05, 4.69) is 16.0 Å². The maximum Gasteiger partial charge on any atom is 0.408 e. The largest absolute Gasteiger partial charge is 0.444 e. The van der Waals surface area contributed by atoms with E-state index < -0.39 is 17.6 Å². The van der Waals surface area contributed by atoms with Crippen LogP contribution in [-0.4, -0.2) is 30.1 Å². The Bertz CT molecular complexity index is 876. The van der Waals surface area contributed by atoms with Crippen LogP contribution in [0.4, 0.5) is 16.2 Å². The second-order valence-electron chi connectivity index (χ2n) is 7.30. The smallest absolute Gasteiger partial charge is 0.408 e. The Morgan fingerprint density at radius 1 is 0.897 bits per heavy atom. The van der Waals surface area contributed by atoms with Gasteiger partial charge in [0, 0.05) is 5.02 Å².